The second-order valence-electron chi connectivity index (χ2n) is 5.16. The second-order valence-corrected chi connectivity index (χ2v) is 5.16. The summed E-state index contributed by atoms with van der Waals surface area (Å²) in [5.74, 6) is -2.21. The van der Waals surface area contributed by atoms with Gasteiger partial charge >= 0.3 is 0 Å². The second kappa shape index (κ2) is 5.28. The fourth-order valence-electron chi connectivity index (χ4n) is 2.54. The van der Waals surface area contributed by atoms with Gasteiger partial charge in [0, 0.05) is 17.7 Å². The summed E-state index contributed by atoms with van der Waals surface area (Å²) in [6, 6.07) is 5.53. The molecule has 2 aromatic rings. The molecule has 0 saturated carbocycles. The first-order chi connectivity index (χ1) is 10.9. The maximum absolute atomic E-state index is 12.3. The van der Waals surface area contributed by atoms with E-state index in [1.54, 1.807) is 6.07 Å². The third-order valence-electron chi connectivity index (χ3n) is 3.66. The molecule has 1 unspecified atom stereocenters. The molecule has 4 N–H and O–H groups in total. The normalized spacial score (nSPS) is 16.6. The van der Waals surface area contributed by atoms with Crippen molar-refractivity contribution in [1.82, 2.24) is 0 Å². The summed E-state index contributed by atoms with van der Waals surface area (Å²) in [4.78, 5) is 12.3. The van der Waals surface area contributed by atoms with Gasteiger partial charge in [-0.15, -0.1) is 0 Å². The quantitative estimate of drug-likeness (QED) is 0.627. The van der Waals surface area contributed by atoms with Gasteiger partial charge in [-0.2, -0.15) is 0 Å². The van der Waals surface area contributed by atoms with E-state index in [-0.39, 0.29) is 23.5 Å². The molecular weight excluding hydrogens is 304 g/mol. The van der Waals surface area contributed by atoms with Crippen molar-refractivity contribution in [2.45, 2.75) is 12.5 Å². The van der Waals surface area contributed by atoms with Crippen LogP contribution in [0.25, 0.3) is 0 Å². The van der Waals surface area contributed by atoms with E-state index in [1.807, 2.05) is 0 Å². The van der Waals surface area contributed by atoms with Crippen LogP contribution in [-0.4, -0.2) is 33.3 Å². The van der Waals surface area contributed by atoms with Crippen LogP contribution in [0.1, 0.15) is 28.4 Å². The molecule has 2 aromatic carbocycles. The van der Waals surface area contributed by atoms with Gasteiger partial charge in [-0.25, -0.2) is 0 Å². The maximum Gasteiger partial charge on any atom is 0.201 e. The monoisotopic (exact) mass is 318 g/mol. The summed E-state index contributed by atoms with van der Waals surface area (Å²) in [5.41, 5.74) is 0.330. The van der Waals surface area contributed by atoms with E-state index in [0.717, 1.165) is 6.07 Å². The predicted octanol–water partition coefficient (Wildman–Crippen LogP) is 2.22. The molecule has 0 amide bonds. The Bertz CT molecular complexity index is 798. The molecule has 120 valence electrons. The fourth-order valence-corrected chi connectivity index (χ4v) is 2.54. The lowest BCUT2D eigenvalue weighted by Crippen LogP contribution is -2.20. The number of fused-ring (bicyclic) bond motifs is 1. The van der Waals surface area contributed by atoms with Gasteiger partial charge in [-0.1, -0.05) is 0 Å². The number of hydrogen-bond donors (Lipinski definition) is 4. The van der Waals surface area contributed by atoms with E-state index in [9.17, 15) is 25.2 Å². The minimum atomic E-state index is -0.766. The molecule has 0 saturated heterocycles. The number of Topliss-reactive ketones (excluding diaryl/α,β-unsaturated/α-hetero) is 1. The molecule has 0 fully saturated rings. The minimum Gasteiger partial charge on any atom is -0.508 e. The van der Waals surface area contributed by atoms with Crippen molar-refractivity contribution in [3.05, 3.63) is 35.4 Å². The van der Waals surface area contributed by atoms with Gasteiger partial charge in [-0.3, -0.25) is 4.79 Å². The van der Waals surface area contributed by atoms with Crippen LogP contribution in [0.4, 0.5) is 0 Å². The Morgan fingerprint density at radius 2 is 1.83 bits per heavy atom. The Balaban J connectivity index is 2.04. The van der Waals surface area contributed by atoms with Crippen LogP contribution in [0.3, 0.4) is 0 Å². The van der Waals surface area contributed by atoms with Gasteiger partial charge in [0.1, 0.15) is 28.9 Å². The number of benzene rings is 2. The highest BCUT2D eigenvalue weighted by Crippen LogP contribution is 2.48. The number of phenols is 4. The summed E-state index contributed by atoms with van der Waals surface area (Å²) in [5, 5.41) is 38.6. The van der Waals surface area contributed by atoms with E-state index >= 15 is 0 Å². The van der Waals surface area contributed by atoms with E-state index in [0.29, 0.717) is 11.3 Å². The third-order valence-corrected chi connectivity index (χ3v) is 3.66. The van der Waals surface area contributed by atoms with E-state index in [2.05, 4.69) is 0 Å². The average molecular weight is 318 g/mol. The predicted molar refractivity (Wildman–Crippen MR) is 78.4 cm³/mol. The largest absolute Gasteiger partial charge is 0.508 e. The van der Waals surface area contributed by atoms with Crippen molar-refractivity contribution in [3.63, 3.8) is 0 Å². The average Bonchev–Trinajstić information content (AvgIpc) is 2.51. The number of ketones is 1. The first-order valence-corrected chi connectivity index (χ1v) is 6.76. The van der Waals surface area contributed by atoms with Gasteiger partial charge in [0.25, 0.3) is 0 Å². The van der Waals surface area contributed by atoms with Gasteiger partial charge in [0.05, 0.1) is 13.5 Å². The Hall–Kier alpha value is -3.09. The highest BCUT2D eigenvalue weighted by Gasteiger charge is 2.33. The van der Waals surface area contributed by atoms with Gasteiger partial charge in [0.15, 0.2) is 17.3 Å². The SMILES string of the molecule is COc1cc(O)cc(C2CC(=O)c3c(cc(O)c(O)c3O)O2)c1. The topological polar surface area (TPSA) is 116 Å². The Morgan fingerprint density at radius 1 is 1.09 bits per heavy atom. The Morgan fingerprint density at radius 3 is 2.52 bits per heavy atom. The zero-order valence-electron chi connectivity index (χ0n) is 12.1. The van der Waals surface area contributed by atoms with Crippen LogP contribution in [0, 0.1) is 0 Å². The Kier molecular flexibility index (Phi) is 3.40. The number of phenolic OH excluding ortho intramolecular Hbond substituents is 4. The van der Waals surface area contributed by atoms with Crippen molar-refractivity contribution in [1.29, 1.82) is 0 Å². The van der Waals surface area contributed by atoms with Crippen LogP contribution >= 0.6 is 0 Å². The molecule has 1 atom stereocenters. The van der Waals surface area contributed by atoms with Crippen molar-refractivity contribution in [2.75, 3.05) is 7.11 Å². The first-order valence-electron chi connectivity index (χ1n) is 6.76. The number of methoxy groups -OCH3 is 1. The lowest BCUT2D eigenvalue weighted by molar-refractivity contribution is 0.0842. The molecule has 0 radical (unpaired) electrons. The maximum atomic E-state index is 12.3. The van der Waals surface area contributed by atoms with E-state index < -0.39 is 29.1 Å². The molecule has 7 nitrogen and oxygen atoms in total. The standard InChI is InChI=1S/C16H14O7/c1-22-9-3-7(2-8(17)4-9)12-5-10(18)14-13(23-12)6-11(19)15(20)16(14)21/h2-4,6,12,17,19-21H,5H2,1H3. The number of carbonyl (C=O) groups is 1. The summed E-state index contributed by atoms with van der Waals surface area (Å²) >= 11 is 0. The smallest absolute Gasteiger partial charge is 0.201 e. The highest BCUT2D eigenvalue weighted by molar-refractivity contribution is 6.03. The van der Waals surface area contributed by atoms with Crippen LogP contribution in [0.2, 0.25) is 0 Å². The zero-order valence-corrected chi connectivity index (χ0v) is 12.1. The molecule has 1 heterocycles. The lowest BCUT2D eigenvalue weighted by atomic mass is 9.95. The van der Waals surface area contributed by atoms with Gasteiger partial charge in [-0.05, 0) is 12.1 Å². The van der Waals surface area contributed by atoms with E-state index in [4.69, 9.17) is 9.47 Å². The van der Waals surface area contributed by atoms with Crippen molar-refractivity contribution in [2.24, 2.45) is 0 Å². The van der Waals surface area contributed by atoms with Crippen molar-refractivity contribution < 1.29 is 34.7 Å². The molecular formula is C16H14O7. The highest BCUT2D eigenvalue weighted by atomic mass is 16.5. The number of carbonyl (C=O) groups excluding carboxylic acids is 1. The third kappa shape index (κ3) is 2.46. The molecule has 3 rings (SSSR count). The molecule has 1 aliphatic heterocycles. The summed E-state index contributed by atoms with van der Waals surface area (Å²) in [6.07, 6.45) is -0.823. The summed E-state index contributed by atoms with van der Waals surface area (Å²) in [7, 11) is 1.44. The molecule has 1 aliphatic rings. The Labute approximate surface area is 131 Å². The minimum absolute atomic E-state index is 0.0404. The molecule has 0 aliphatic carbocycles. The molecule has 0 aromatic heterocycles. The number of hydrogen-bond acceptors (Lipinski definition) is 7. The van der Waals surface area contributed by atoms with Gasteiger partial charge in [0.2, 0.25) is 5.75 Å². The van der Waals surface area contributed by atoms with E-state index in [1.165, 1.54) is 19.2 Å². The van der Waals surface area contributed by atoms with Crippen LogP contribution < -0.4 is 9.47 Å². The molecule has 7 heteroatoms. The fraction of sp³-hybridized carbons (Fsp3) is 0.188. The summed E-state index contributed by atoms with van der Waals surface area (Å²) in [6.45, 7) is 0. The van der Waals surface area contributed by atoms with Crippen molar-refractivity contribution in [3.8, 4) is 34.5 Å². The van der Waals surface area contributed by atoms with Crippen LogP contribution in [0.5, 0.6) is 34.5 Å². The number of ether oxygens (including phenoxy) is 2. The lowest BCUT2D eigenvalue weighted by Gasteiger charge is -2.26. The van der Waals surface area contributed by atoms with Crippen molar-refractivity contribution >= 4 is 5.78 Å². The summed E-state index contributed by atoms with van der Waals surface area (Å²) < 4.78 is 10.7. The zero-order chi connectivity index (χ0) is 16.7. The van der Waals surface area contributed by atoms with Crippen LogP contribution in [-0.2, 0) is 0 Å². The first kappa shape index (κ1) is 14.8. The molecule has 0 spiro atoms. The number of aromatic hydroxyl groups is 4. The number of rotatable bonds is 2. The molecule has 23 heavy (non-hydrogen) atoms. The molecule has 0 bridgehead atoms. The van der Waals surface area contributed by atoms with Crippen LogP contribution in [0.15, 0.2) is 24.3 Å². The van der Waals surface area contributed by atoms with Gasteiger partial charge < -0.3 is 29.9 Å².